The molecule has 8 atom stereocenters. The maximum atomic E-state index is 12.3. The van der Waals surface area contributed by atoms with Crippen LogP contribution in [-0.4, -0.2) is 24.8 Å². The van der Waals surface area contributed by atoms with Gasteiger partial charge in [0.05, 0.1) is 13.2 Å². The highest BCUT2D eigenvalue weighted by Crippen LogP contribution is 2.85. The van der Waals surface area contributed by atoms with Gasteiger partial charge in [-0.2, -0.15) is 0 Å². The maximum Gasteiger partial charge on any atom is 0.176 e. The van der Waals surface area contributed by atoms with Gasteiger partial charge in [0.2, 0.25) is 0 Å². The van der Waals surface area contributed by atoms with Crippen molar-refractivity contribution in [1.29, 1.82) is 0 Å². The van der Waals surface area contributed by atoms with E-state index in [4.69, 9.17) is 9.47 Å². The van der Waals surface area contributed by atoms with Crippen molar-refractivity contribution in [3.8, 4) is 0 Å². The van der Waals surface area contributed by atoms with Crippen molar-refractivity contribution in [2.24, 2.45) is 47.3 Å². The Morgan fingerprint density at radius 2 is 1.81 bits per heavy atom. The summed E-state index contributed by atoms with van der Waals surface area (Å²) in [5.41, 5.74) is 0. The Labute approximate surface area is 93.5 Å². The molecule has 0 aromatic heterocycles. The SMILES string of the molecule is O=C1[C@@H]2[C@H]3C[C@@H]4[C@@H]5[C@H]3[C@H]1[C@H]5C1(OCCO1)[C@H]42. The molecule has 6 aliphatic rings. The minimum atomic E-state index is -0.291. The lowest BCUT2D eigenvalue weighted by molar-refractivity contribution is -0.252. The number of ether oxygens (including phenoxy) is 2. The van der Waals surface area contributed by atoms with E-state index in [0.717, 1.165) is 36.9 Å². The van der Waals surface area contributed by atoms with Crippen molar-refractivity contribution < 1.29 is 14.3 Å². The highest BCUT2D eigenvalue weighted by molar-refractivity contribution is 5.91. The molecule has 3 heteroatoms. The van der Waals surface area contributed by atoms with Crippen LogP contribution in [0.15, 0.2) is 0 Å². The van der Waals surface area contributed by atoms with E-state index in [2.05, 4.69) is 0 Å². The summed E-state index contributed by atoms with van der Waals surface area (Å²) in [6.07, 6.45) is 1.30. The number of ketones is 1. The zero-order chi connectivity index (χ0) is 10.2. The quantitative estimate of drug-likeness (QED) is 0.600. The molecule has 1 heterocycles. The first-order valence-electron chi connectivity index (χ1n) is 6.66. The van der Waals surface area contributed by atoms with Gasteiger partial charge in [0, 0.05) is 23.7 Å². The van der Waals surface area contributed by atoms with E-state index in [1.807, 2.05) is 0 Å². The second-order valence-corrected chi connectivity index (χ2v) is 6.64. The molecule has 5 saturated carbocycles. The van der Waals surface area contributed by atoms with Gasteiger partial charge in [-0.05, 0) is 30.1 Å². The molecule has 84 valence electrons. The predicted molar refractivity (Wildman–Crippen MR) is 52.2 cm³/mol. The number of Topliss-reactive ketones (excluding diaryl/α,β-unsaturated/α-hetero) is 1. The Morgan fingerprint density at radius 1 is 1.00 bits per heavy atom. The van der Waals surface area contributed by atoms with Gasteiger partial charge in [-0.25, -0.2) is 0 Å². The van der Waals surface area contributed by atoms with E-state index >= 15 is 0 Å². The average molecular weight is 218 g/mol. The second-order valence-electron chi connectivity index (χ2n) is 6.64. The summed E-state index contributed by atoms with van der Waals surface area (Å²) in [6.45, 7) is 1.49. The first kappa shape index (κ1) is 7.83. The van der Waals surface area contributed by atoms with Crippen LogP contribution in [0.1, 0.15) is 6.42 Å². The van der Waals surface area contributed by atoms with E-state index in [0.29, 0.717) is 29.5 Å². The number of carbonyl (C=O) groups is 1. The van der Waals surface area contributed by atoms with Crippen molar-refractivity contribution in [1.82, 2.24) is 0 Å². The maximum absolute atomic E-state index is 12.3. The Balaban J connectivity index is 1.66. The van der Waals surface area contributed by atoms with E-state index in [9.17, 15) is 4.79 Å². The molecule has 2 bridgehead atoms. The Morgan fingerprint density at radius 3 is 2.62 bits per heavy atom. The van der Waals surface area contributed by atoms with Crippen LogP contribution in [0.25, 0.3) is 0 Å². The van der Waals surface area contributed by atoms with Crippen LogP contribution in [0.5, 0.6) is 0 Å². The van der Waals surface area contributed by atoms with Crippen LogP contribution in [0, 0.1) is 47.3 Å². The van der Waals surface area contributed by atoms with Gasteiger partial charge in [-0.1, -0.05) is 0 Å². The second kappa shape index (κ2) is 1.91. The van der Waals surface area contributed by atoms with Crippen molar-refractivity contribution >= 4 is 5.78 Å². The smallest absolute Gasteiger partial charge is 0.176 e. The predicted octanol–water partition coefficient (Wildman–Crippen LogP) is 0.686. The minimum Gasteiger partial charge on any atom is -0.347 e. The average Bonchev–Trinajstić information content (AvgIpc) is 2.87. The van der Waals surface area contributed by atoms with Gasteiger partial charge in [0.15, 0.2) is 5.79 Å². The molecule has 3 nitrogen and oxygen atoms in total. The fourth-order valence-corrected chi connectivity index (χ4v) is 6.94. The molecule has 16 heavy (non-hydrogen) atoms. The van der Waals surface area contributed by atoms with Crippen molar-refractivity contribution in [3.05, 3.63) is 0 Å². The van der Waals surface area contributed by atoms with E-state index in [1.54, 1.807) is 0 Å². The molecule has 0 amide bonds. The van der Waals surface area contributed by atoms with Crippen LogP contribution >= 0.6 is 0 Å². The molecular formula is C13H14O3. The summed E-state index contributed by atoms with van der Waals surface area (Å²) in [4.78, 5) is 12.3. The fourth-order valence-electron chi connectivity index (χ4n) is 6.94. The van der Waals surface area contributed by atoms with Crippen molar-refractivity contribution in [2.75, 3.05) is 13.2 Å². The fraction of sp³-hybridized carbons (Fsp3) is 0.923. The molecule has 0 N–H and O–H groups in total. The van der Waals surface area contributed by atoms with E-state index in [1.165, 1.54) is 6.42 Å². The van der Waals surface area contributed by atoms with Crippen molar-refractivity contribution in [2.45, 2.75) is 12.2 Å². The molecule has 1 spiro atoms. The first-order valence-corrected chi connectivity index (χ1v) is 6.66. The number of fused-ring (bicyclic) bond motifs is 4. The van der Waals surface area contributed by atoms with Crippen LogP contribution in [0.3, 0.4) is 0 Å². The zero-order valence-electron chi connectivity index (χ0n) is 8.96. The molecule has 1 aliphatic heterocycles. The highest BCUT2D eigenvalue weighted by atomic mass is 16.7. The van der Waals surface area contributed by atoms with E-state index < -0.39 is 0 Å². The topological polar surface area (TPSA) is 35.5 Å². The lowest BCUT2D eigenvalue weighted by atomic mass is 9.58. The Kier molecular flexibility index (Phi) is 0.933. The van der Waals surface area contributed by atoms with Gasteiger partial charge < -0.3 is 9.47 Å². The monoisotopic (exact) mass is 218 g/mol. The van der Waals surface area contributed by atoms with E-state index in [-0.39, 0.29) is 5.79 Å². The van der Waals surface area contributed by atoms with Gasteiger partial charge in [0.25, 0.3) is 0 Å². The first-order chi connectivity index (χ1) is 7.84. The third-order valence-corrected chi connectivity index (χ3v) is 6.83. The summed E-state index contributed by atoms with van der Waals surface area (Å²) < 4.78 is 12.1. The Bertz CT molecular complexity index is 438. The van der Waals surface area contributed by atoms with Crippen LogP contribution in [0.2, 0.25) is 0 Å². The van der Waals surface area contributed by atoms with Gasteiger partial charge in [-0.15, -0.1) is 0 Å². The number of carbonyl (C=O) groups excluding carboxylic acids is 1. The summed E-state index contributed by atoms with van der Waals surface area (Å²) in [5.74, 6) is 4.88. The third kappa shape index (κ3) is 0.458. The number of hydrogen-bond acceptors (Lipinski definition) is 3. The largest absolute Gasteiger partial charge is 0.347 e. The molecule has 5 aliphatic carbocycles. The molecule has 0 aromatic rings. The third-order valence-electron chi connectivity index (χ3n) is 6.83. The molecule has 6 rings (SSSR count). The molecule has 0 unspecified atom stereocenters. The van der Waals surface area contributed by atoms with Gasteiger partial charge in [-0.3, -0.25) is 4.79 Å². The minimum absolute atomic E-state index is 0.291. The van der Waals surface area contributed by atoms with Crippen LogP contribution in [-0.2, 0) is 14.3 Å². The summed E-state index contributed by atoms with van der Waals surface area (Å²) in [5, 5.41) is 0. The van der Waals surface area contributed by atoms with Gasteiger partial charge in [0.1, 0.15) is 5.78 Å². The lowest BCUT2D eigenvalue weighted by Crippen LogP contribution is -2.58. The zero-order valence-corrected chi connectivity index (χ0v) is 8.96. The van der Waals surface area contributed by atoms with Crippen molar-refractivity contribution in [3.63, 3.8) is 0 Å². The number of hydrogen-bond donors (Lipinski definition) is 0. The van der Waals surface area contributed by atoms with Gasteiger partial charge >= 0.3 is 0 Å². The molecule has 1 saturated heterocycles. The highest BCUT2D eigenvalue weighted by Gasteiger charge is 2.89. The Hall–Kier alpha value is -0.410. The van der Waals surface area contributed by atoms with Crippen LogP contribution in [0.4, 0.5) is 0 Å². The molecule has 0 aromatic carbocycles. The number of rotatable bonds is 0. The van der Waals surface area contributed by atoms with Crippen LogP contribution < -0.4 is 0 Å². The molecular weight excluding hydrogens is 204 g/mol. The summed E-state index contributed by atoms with van der Waals surface area (Å²) >= 11 is 0. The molecule has 0 radical (unpaired) electrons. The lowest BCUT2D eigenvalue weighted by Gasteiger charge is -2.49. The summed E-state index contributed by atoms with van der Waals surface area (Å²) in [7, 11) is 0. The molecule has 6 fully saturated rings. The standard InChI is InChI=1S/C13H14O3/c14-12-8-4-3-5-7-6(4)9(12)11(7)13(10(5)8)15-1-2-16-13/h4-11H,1-3H2/t4-,5+,6-,7+,8+,9-,10+,11-/m0/s1. The normalized spacial score (nSPS) is 69.9. The summed E-state index contributed by atoms with van der Waals surface area (Å²) in [6, 6.07) is 0.